The summed E-state index contributed by atoms with van der Waals surface area (Å²) in [5.74, 6) is 2.38. The molecule has 1 aliphatic rings. The largest absolute Gasteiger partial charge is 0.508 e. The standard InChI is InChI=1S/C28H39N5O3S/c1-20(2)23-16-24(26(35)17-25(23)34)28-31-30-27(18-29-10-4-3-5-15-37)33(28)22-8-6-21(7-9-22)19-32-11-13-36-14-12-32/h6-9,16-17,20,29,34-35,37H,3-5,10-15,18-19H2,1-2H3. The molecule has 0 saturated carbocycles. The Labute approximate surface area is 225 Å². The van der Waals surface area contributed by atoms with Gasteiger partial charge in [-0.25, -0.2) is 0 Å². The number of phenolic OH excluding ortho intramolecular Hbond substituents is 2. The number of nitrogens with one attached hydrogen (secondary N) is 1. The second-order valence-corrected chi connectivity index (χ2v) is 10.3. The number of ether oxygens (including phenoxy) is 1. The zero-order chi connectivity index (χ0) is 26.2. The van der Waals surface area contributed by atoms with Crippen molar-refractivity contribution in [3.63, 3.8) is 0 Å². The first-order chi connectivity index (χ1) is 18.0. The van der Waals surface area contributed by atoms with E-state index in [0.29, 0.717) is 17.9 Å². The summed E-state index contributed by atoms with van der Waals surface area (Å²) in [4.78, 5) is 2.40. The molecule has 0 atom stereocenters. The molecule has 1 aliphatic heterocycles. The van der Waals surface area contributed by atoms with Gasteiger partial charge in [-0.2, -0.15) is 12.6 Å². The van der Waals surface area contributed by atoms with E-state index in [9.17, 15) is 10.2 Å². The lowest BCUT2D eigenvalue weighted by Crippen LogP contribution is -2.35. The van der Waals surface area contributed by atoms with Gasteiger partial charge in [-0.15, -0.1) is 10.2 Å². The number of hydrogen-bond donors (Lipinski definition) is 4. The molecule has 200 valence electrons. The first-order valence-electron chi connectivity index (χ1n) is 13.2. The van der Waals surface area contributed by atoms with Crippen molar-refractivity contribution in [2.75, 3.05) is 38.6 Å². The van der Waals surface area contributed by atoms with Crippen LogP contribution in [0, 0.1) is 0 Å². The van der Waals surface area contributed by atoms with E-state index in [1.807, 2.05) is 24.5 Å². The highest BCUT2D eigenvalue weighted by Gasteiger charge is 2.21. The number of aromatic nitrogens is 3. The molecule has 1 aromatic heterocycles. The summed E-state index contributed by atoms with van der Waals surface area (Å²) in [5.41, 5.74) is 3.47. The lowest BCUT2D eigenvalue weighted by Gasteiger charge is -2.26. The van der Waals surface area contributed by atoms with Gasteiger partial charge in [0.2, 0.25) is 0 Å². The van der Waals surface area contributed by atoms with Crippen molar-refractivity contribution in [2.45, 2.75) is 52.1 Å². The Hall–Kier alpha value is -2.59. The molecule has 3 aromatic rings. The van der Waals surface area contributed by atoms with Crippen LogP contribution in [0.2, 0.25) is 0 Å². The maximum atomic E-state index is 10.8. The van der Waals surface area contributed by atoms with Gasteiger partial charge >= 0.3 is 0 Å². The minimum atomic E-state index is -0.0225. The van der Waals surface area contributed by atoms with Crippen LogP contribution in [0.15, 0.2) is 36.4 Å². The Morgan fingerprint density at radius 3 is 2.46 bits per heavy atom. The highest BCUT2D eigenvalue weighted by atomic mass is 32.1. The molecule has 0 spiro atoms. The van der Waals surface area contributed by atoms with Crippen molar-refractivity contribution < 1.29 is 14.9 Å². The number of phenols is 2. The molecule has 2 aromatic carbocycles. The normalized spacial score (nSPS) is 14.5. The van der Waals surface area contributed by atoms with Gasteiger partial charge in [0, 0.05) is 31.4 Å². The topological polar surface area (TPSA) is 95.7 Å². The van der Waals surface area contributed by atoms with Gasteiger partial charge in [0.25, 0.3) is 0 Å². The molecule has 0 aliphatic carbocycles. The molecule has 0 bridgehead atoms. The van der Waals surface area contributed by atoms with Gasteiger partial charge in [0.05, 0.1) is 25.3 Å². The molecule has 37 heavy (non-hydrogen) atoms. The fourth-order valence-corrected chi connectivity index (χ4v) is 4.84. The molecule has 8 nitrogen and oxygen atoms in total. The van der Waals surface area contributed by atoms with E-state index in [1.54, 1.807) is 0 Å². The summed E-state index contributed by atoms with van der Waals surface area (Å²) in [7, 11) is 0. The molecule has 1 fully saturated rings. The zero-order valence-electron chi connectivity index (χ0n) is 21.9. The second kappa shape index (κ2) is 13.3. The lowest BCUT2D eigenvalue weighted by molar-refractivity contribution is 0.0342. The molecule has 1 saturated heterocycles. The van der Waals surface area contributed by atoms with Crippen molar-refractivity contribution in [1.82, 2.24) is 25.0 Å². The van der Waals surface area contributed by atoms with Crippen LogP contribution in [0.5, 0.6) is 11.5 Å². The van der Waals surface area contributed by atoms with Gasteiger partial charge in [0.1, 0.15) is 11.5 Å². The first-order valence-corrected chi connectivity index (χ1v) is 13.8. The maximum Gasteiger partial charge on any atom is 0.172 e. The second-order valence-electron chi connectivity index (χ2n) is 9.87. The molecule has 0 amide bonds. The average Bonchev–Trinajstić information content (AvgIpc) is 3.30. The number of hydrogen-bond acceptors (Lipinski definition) is 8. The van der Waals surface area contributed by atoms with Crippen molar-refractivity contribution in [3.05, 3.63) is 53.3 Å². The summed E-state index contributed by atoms with van der Waals surface area (Å²) in [6, 6.07) is 11.7. The molecular formula is C28H39N5O3S. The third kappa shape index (κ3) is 7.04. The van der Waals surface area contributed by atoms with Crippen LogP contribution in [-0.2, 0) is 17.8 Å². The van der Waals surface area contributed by atoms with Crippen molar-refractivity contribution in [3.8, 4) is 28.6 Å². The Bertz CT molecular complexity index is 1140. The minimum absolute atomic E-state index is 0.0225. The van der Waals surface area contributed by atoms with Crippen LogP contribution in [0.1, 0.15) is 56.0 Å². The summed E-state index contributed by atoms with van der Waals surface area (Å²) in [6.45, 7) is 9.79. The number of thiol groups is 1. The Balaban J connectivity index is 1.63. The molecule has 9 heteroatoms. The van der Waals surface area contributed by atoms with Crippen molar-refractivity contribution in [2.24, 2.45) is 0 Å². The molecular weight excluding hydrogens is 486 g/mol. The van der Waals surface area contributed by atoms with Gasteiger partial charge < -0.3 is 20.3 Å². The quantitative estimate of drug-likeness (QED) is 0.204. The Morgan fingerprint density at radius 1 is 1.00 bits per heavy atom. The third-order valence-electron chi connectivity index (χ3n) is 6.74. The molecule has 2 heterocycles. The summed E-state index contributed by atoms with van der Waals surface area (Å²) in [5, 5.41) is 33.6. The maximum absolute atomic E-state index is 10.8. The third-order valence-corrected chi connectivity index (χ3v) is 7.05. The molecule has 3 N–H and O–H groups in total. The van der Waals surface area contributed by atoms with E-state index in [1.165, 1.54) is 11.6 Å². The minimum Gasteiger partial charge on any atom is -0.508 e. The Morgan fingerprint density at radius 2 is 1.76 bits per heavy atom. The monoisotopic (exact) mass is 525 g/mol. The smallest absolute Gasteiger partial charge is 0.172 e. The van der Waals surface area contributed by atoms with Crippen LogP contribution in [0.3, 0.4) is 0 Å². The van der Waals surface area contributed by atoms with Gasteiger partial charge in [-0.3, -0.25) is 9.47 Å². The number of nitrogens with zero attached hydrogens (tertiary/aromatic N) is 4. The molecule has 0 unspecified atom stereocenters. The predicted octanol–water partition coefficient (Wildman–Crippen LogP) is 4.49. The molecule has 0 radical (unpaired) electrons. The number of unbranched alkanes of at least 4 members (excludes halogenated alkanes) is 2. The fraction of sp³-hybridized carbons (Fsp3) is 0.500. The van der Waals surface area contributed by atoms with E-state index >= 15 is 0 Å². The SMILES string of the molecule is CC(C)c1cc(-c2nnc(CNCCCCCS)n2-c2ccc(CN3CCOCC3)cc2)c(O)cc1O. The fourth-order valence-electron chi connectivity index (χ4n) is 4.62. The first kappa shape index (κ1) is 27.4. The van der Waals surface area contributed by atoms with Crippen molar-refractivity contribution in [1.29, 1.82) is 0 Å². The zero-order valence-corrected chi connectivity index (χ0v) is 22.8. The highest BCUT2D eigenvalue weighted by Crippen LogP contribution is 2.38. The number of aromatic hydroxyl groups is 2. The molecule has 4 rings (SSSR count). The van der Waals surface area contributed by atoms with Crippen LogP contribution >= 0.6 is 12.6 Å². The number of morpholine rings is 1. The van der Waals surface area contributed by atoms with Crippen LogP contribution in [0.25, 0.3) is 17.1 Å². The Kier molecular flexibility index (Phi) is 9.85. The van der Waals surface area contributed by atoms with Crippen molar-refractivity contribution >= 4 is 12.6 Å². The summed E-state index contributed by atoms with van der Waals surface area (Å²) >= 11 is 4.29. The van der Waals surface area contributed by atoms with E-state index in [2.05, 4.69) is 57.3 Å². The van der Waals surface area contributed by atoms with E-state index < -0.39 is 0 Å². The summed E-state index contributed by atoms with van der Waals surface area (Å²) in [6.07, 6.45) is 3.33. The number of rotatable bonds is 12. The van der Waals surface area contributed by atoms with Gasteiger partial charge in [0.15, 0.2) is 11.6 Å². The predicted molar refractivity (Wildman–Crippen MR) is 150 cm³/mol. The summed E-state index contributed by atoms with van der Waals surface area (Å²) < 4.78 is 7.46. The lowest BCUT2D eigenvalue weighted by atomic mass is 9.98. The van der Waals surface area contributed by atoms with E-state index in [-0.39, 0.29) is 17.4 Å². The highest BCUT2D eigenvalue weighted by molar-refractivity contribution is 7.80. The number of benzene rings is 2. The van der Waals surface area contributed by atoms with Crippen LogP contribution < -0.4 is 5.32 Å². The average molecular weight is 526 g/mol. The van der Waals surface area contributed by atoms with Gasteiger partial charge in [-0.05, 0) is 60.4 Å². The van der Waals surface area contributed by atoms with Crippen LogP contribution in [-0.4, -0.2) is 68.5 Å². The van der Waals surface area contributed by atoms with E-state index in [0.717, 1.165) is 81.5 Å². The van der Waals surface area contributed by atoms with Gasteiger partial charge in [-0.1, -0.05) is 32.4 Å². The van der Waals surface area contributed by atoms with Crippen LogP contribution in [0.4, 0.5) is 0 Å². The van der Waals surface area contributed by atoms with E-state index in [4.69, 9.17) is 4.74 Å².